The molecular formula is C9H13NO3. The molecule has 0 aromatic heterocycles. The van der Waals surface area contributed by atoms with Crippen LogP contribution < -0.4 is 5.32 Å². The summed E-state index contributed by atoms with van der Waals surface area (Å²) in [6.45, 7) is 0.299. The highest BCUT2D eigenvalue weighted by atomic mass is 16.7. The minimum absolute atomic E-state index is 0.299. The van der Waals surface area contributed by atoms with Crippen LogP contribution in [0.1, 0.15) is 5.56 Å². The van der Waals surface area contributed by atoms with Crippen LogP contribution >= 0.6 is 0 Å². The van der Waals surface area contributed by atoms with Gasteiger partial charge in [-0.25, -0.2) is 5.32 Å². The first-order chi connectivity index (χ1) is 6.08. The van der Waals surface area contributed by atoms with Gasteiger partial charge in [0.25, 0.3) is 0 Å². The van der Waals surface area contributed by atoms with Crippen LogP contribution in [0, 0.1) is 0 Å². The van der Waals surface area contributed by atoms with Crippen molar-refractivity contribution in [1.29, 1.82) is 0 Å². The van der Waals surface area contributed by atoms with Crippen LogP contribution in [0.4, 0.5) is 0 Å². The van der Waals surface area contributed by atoms with Gasteiger partial charge in [0.1, 0.15) is 0 Å². The van der Waals surface area contributed by atoms with Gasteiger partial charge in [-0.15, -0.1) is 0 Å². The summed E-state index contributed by atoms with van der Waals surface area (Å²) in [5.41, 5.74) is 1.07. The molecule has 1 aromatic carbocycles. The van der Waals surface area contributed by atoms with Crippen molar-refractivity contribution >= 4 is 0 Å². The zero-order valence-corrected chi connectivity index (χ0v) is 7.14. The highest BCUT2D eigenvalue weighted by Crippen LogP contribution is 1.98. The molecule has 0 aliphatic rings. The molecule has 13 heavy (non-hydrogen) atoms. The van der Waals surface area contributed by atoms with Crippen LogP contribution in [0.5, 0.6) is 0 Å². The fourth-order valence-electron chi connectivity index (χ4n) is 1.02. The van der Waals surface area contributed by atoms with Crippen molar-refractivity contribution < 1.29 is 15.3 Å². The van der Waals surface area contributed by atoms with Gasteiger partial charge in [-0.2, -0.15) is 0 Å². The van der Waals surface area contributed by atoms with Crippen molar-refractivity contribution in [2.75, 3.05) is 6.54 Å². The van der Waals surface area contributed by atoms with Crippen molar-refractivity contribution in [2.45, 2.75) is 12.5 Å². The molecule has 4 nitrogen and oxygen atoms in total. The Morgan fingerprint density at radius 3 is 2.23 bits per heavy atom. The largest absolute Gasteiger partial charge is 0.343 e. The quantitative estimate of drug-likeness (QED) is 0.471. The second kappa shape index (κ2) is 4.34. The number of benzene rings is 1. The second-order valence-electron chi connectivity index (χ2n) is 2.80. The Morgan fingerprint density at radius 2 is 1.69 bits per heavy atom. The lowest BCUT2D eigenvalue weighted by molar-refractivity contribution is -0.331. The van der Waals surface area contributed by atoms with Gasteiger partial charge >= 0.3 is 6.10 Å². The Kier molecular flexibility index (Phi) is 3.39. The molecular weight excluding hydrogens is 170 g/mol. The number of nitrogens with one attached hydrogen (secondary N) is 1. The summed E-state index contributed by atoms with van der Waals surface area (Å²) in [6, 6.07) is 9.56. The summed E-state index contributed by atoms with van der Waals surface area (Å²) in [7, 11) is 0. The molecule has 0 bridgehead atoms. The van der Waals surface area contributed by atoms with Crippen molar-refractivity contribution in [3.05, 3.63) is 35.9 Å². The van der Waals surface area contributed by atoms with E-state index in [0.29, 0.717) is 13.0 Å². The fraction of sp³-hybridized carbons (Fsp3) is 0.333. The van der Waals surface area contributed by atoms with Gasteiger partial charge in [-0.1, -0.05) is 30.3 Å². The van der Waals surface area contributed by atoms with E-state index < -0.39 is 6.10 Å². The predicted molar refractivity (Wildman–Crippen MR) is 47.5 cm³/mol. The lowest BCUT2D eigenvalue weighted by Crippen LogP contribution is -2.45. The summed E-state index contributed by atoms with van der Waals surface area (Å²) in [4.78, 5) is 0. The molecule has 0 spiro atoms. The maximum atomic E-state index is 8.50. The van der Waals surface area contributed by atoms with Gasteiger partial charge in [-0.05, 0) is 12.0 Å². The zero-order valence-electron chi connectivity index (χ0n) is 7.14. The topological polar surface area (TPSA) is 72.7 Å². The first-order valence-electron chi connectivity index (χ1n) is 4.04. The van der Waals surface area contributed by atoms with Gasteiger partial charge in [0.15, 0.2) is 0 Å². The third-order valence-corrected chi connectivity index (χ3v) is 1.62. The maximum absolute atomic E-state index is 8.50. The van der Waals surface area contributed by atoms with Crippen LogP contribution in [-0.2, 0) is 6.42 Å². The van der Waals surface area contributed by atoms with E-state index in [2.05, 4.69) is 5.32 Å². The molecule has 0 unspecified atom stereocenters. The van der Waals surface area contributed by atoms with E-state index in [4.69, 9.17) is 15.3 Å². The Morgan fingerprint density at radius 1 is 1.08 bits per heavy atom. The lowest BCUT2D eigenvalue weighted by Gasteiger charge is -2.14. The van der Waals surface area contributed by atoms with Gasteiger partial charge in [0.2, 0.25) is 0 Å². The summed E-state index contributed by atoms with van der Waals surface area (Å²) in [5, 5.41) is 27.6. The molecule has 0 aliphatic carbocycles. The zero-order chi connectivity index (χ0) is 9.73. The van der Waals surface area contributed by atoms with Crippen LogP contribution in [0.2, 0.25) is 0 Å². The van der Waals surface area contributed by atoms with E-state index in [-0.39, 0.29) is 0 Å². The molecule has 4 N–H and O–H groups in total. The van der Waals surface area contributed by atoms with E-state index in [0.717, 1.165) is 5.56 Å². The van der Waals surface area contributed by atoms with Crippen molar-refractivity contribution in [3.63, 3.8) is 0 Å². The molecule has 72 valence electrons. The highest BCUT2D eigenvalue weighted by Gasteiger charge is 2.15. The van der Waals surface area contributed by atoms with Crippen molar-refractivity contribution in [3.8, 4) is 0 Å². The Hall–Kier alpha value is -0.940. The first kappa shape index (κ1) is 10.1. The molecule has 0 atom stereocenters. The molecule has 0 aliphatic heterocycles. The standard InChI is InChI=1S/C9H13NO3/c11-9(12,13)10-7-6-8-4-2-1-3-5-8/h1-5,10-13H,6-7H2. The summed E-state index contributed by atoms with van der Waals surface area (Å²) in [6.07, 6.45) is -2.14. The molecule has 0 saturated carbocycles. The van der Waals surface area contributed by atoms with Gasteiger partial charge < -0.3 is 15.3 Å². The van der Waals surface area contributed by atoms with E-state index >= 15 is 0 Å². The molecule has 1 rings (SSSR count). The number of hydrogen-bond acceptors (Lipinski definition) is 4. The predicted octanol–water partition coefficient (Wildman–Crippen LogP) is -0.593. The number of rotatable bonds is 4. The average Bonchev–Trinajstić information content (AvgIpc) is 2.04. The molecule has 0 amide bonds. The minimum atomic E-state index is -2.77. The van der Waals surface area contributed by atoms with Crippen molar-refractivity contribution in [2.24, 2.45) is 0 Å². The van der Waals surface area contributed by atoms with Crippen molar-refractivity contribution in [1.82, 2.24) is 5.32 Å². The van der Waals surface area contributed by atoms with Crippen LogP contribution in [0.25, 0.3) is 0 Å². The molecule has 4 heteroatoms. The van der Waals surface area contributed by atoms with E-state index in [1.807, 2.05) is 30.3 Å². The van der Waals surface area contributed by atoms with Crippen LogP contribution in [0.3, 0.4) is 0 Å². The smallest absolute Gasteiger partial charge is 0.330 e. The summed E-state index contributed by atoms with van der Waals surface area (Å²) in [5.74, 6) is 0. The highest BCUT2D eigenvalue weighted by molar-refractivity contribution is 5.14. The molecule has 1 aromatic rings. The molecule has 0 saturated heterocycles. The van der Waals surface area contributed by atoms with Crippen LogP contribution in [-0.4, -0.2) is 28.0 Å². The average molecular weight is 183 g/mol. The number of aliphatic hydroxyl groups is 3. The van der Waals surface area contributed by atoms with Crippen LogP contribution in [0.15, 0.2) is 30.3 Å². The third kappa shape index (κ3) is 4.59. The molecule has 0 fully saturated rings. The normalized spacial score (nSPS) is 11.6. The minimum Gasteiger partial charge on any atom is -0.330 e. The molecule has 0 heterocycles. The Balaban J connectivity index is 2.29. The maximum Gasteiger partial charge on any atom is 0.343 e. The van der Waals surface area contributed by atoms with E-state index in [1.165, 1.54) is 0 Å². The van der Waals surface area contributed by atoms with E-state index in [9.17, 15) is 0 Å². The monoisotopic (exact) mass is 183 g/mol. The van der Waals surface area contributed by atoms with Gasteiger partial charge in [-0.3, -0.25) is 0 Å². The van der Waals surface area contributed by atoms with Gasteiger partial charge in [0.05, 0.1) is 0 Å². The Labute approximate surface area is 76.5 Å². The van der Waals surface area contributed by atoms with Gasteiger partial charge in [0, 0.05) is 6.54 Å². The second-order valence-corrected chi connectivity index (χ2v) is 2.80. The SMILES string of the molecule is OC(O)(O)NCCc1ccccc1. The first-order valence-corrected chi connectivity index (χ1v) is 4.04. The third-order valence-electron chi connectivity index (χ3n) is 1.62. The summed E-state index contributed by atoms with van der Waals surface area (Å²) >= 11 is 0. The fourth-order valence-corrected chi connectivity index (χ4v) is 1.02. The lowest BCUT2D eigenvalue weighted by atomic mass is 10.1. The molecule has 0 radical (unpaired) electrons. The van der Waals surface area contributed by atoms with E-state index in [1.54, 1.807) is 0 Å². The summed E-state index contributed by atoms with van der Waals surface area (Å²) < 4.78 is 0. The Bertz CT molecular complexity index is 243. The number of hydrogen-bond donors (Lipinski definition) is 4.